The number of hydrogen-bond donors (Lipinski definition) is 0. The lowest BCUT2D eigenvalue weighted by atomic mass is 9.82. The van der Waals surface area contributed by atoms with Gasteiger partial charge in [-0.25, -0.2) is 4.99 Å². The molecule has 0 aromatic rings. The summed E-state index contributed by atoms with van der Waals surface area (Å²) >= 11 is 5.99. The number of halogens is 1. The Balaban J connectivity index is 1.80. The minimum Gasteiger partial charge on any atom is -0.323 e. The van der Waals surface area contributed by atoms with Crippen molar-refractivity contribution in [2.45, 2.75) is 18.9 Å². The van der Waals surface area contributed by atoms with Crippen molar-refractivity contribution in [1.82, 2.24) is 4.90 Å². The fourth-order valence-electron chi connectivity index (χ4n) is 2.15. The van der Waals surface area contributed by atoms with Gasteiger partial charge in [0.1, 0.15) is 22.8 Å². The first-order valence-electron chi connectivity index (χ1n) is 5.00. The zero-order valence-electron chi connectivity index (χ0n) is 8.06. The molecule has 0 amide bonds. The molecule has 78 valence electrons. The number of ketones is 1. The molecule has 15 heavy (non-hydrogen) atoms. The summed E-state index contributed by atoms with van der Waals surface area (Å²) in [6.07, 6.45) is 4.83. The molecule has 0 aromatic carbocycles. The van der Waals surface area contributed by atoms with E-state index >= 15 is 0 Å². The summed E-state index contributed by atoms with van der Waals surface area (Å²) in [5, 5.41) is 0.585. The molecule has 5 heteroatoms. The molecule has 0 spiro atoms. The van der Waals surface area contributed by atoms with Gasteiger partial charge in [-0.2, -0.15) is 0 Å². The molecule has 3 aliphatic rings. The summed E-state index contributed by atoms with van der Waals surface area (Å²) in [6.45, 7) is 0.659. The third-order valence-corrected chi connectivity index (χ3v) is 3.39. The van der Waals surface area contributed by atoms with Crippen molar-refractivity contribution in [3.8, 4) is 0 Å². The molecular weight excluding hydrogens is 214 g/mol. The lowest BCUT2D eigenvalue weighted by Gasteiger charge is -2.32. The van der Waals surface area contributed by atoms with Crippen molar-refractivity contribution in [3.63, 3.8) is 0 Å². The Morgan fingerprint density at radius 1 is 1.47 bits per heavy atom. The number of carbonyl (C=O) groups is 1. The van der Waals surface area contributed by atoms with E-state index in [1.807, 2.05) is 11.1 Å². The molecule has 0 N–H and O–H groups in total. The molecule has 1 atom stereocenters. The summed E-state index contributed by atoms with van der Waals surface area (Å²) in [6, 6.07) is 0.0716. The van der Waals surface area contributed by atoms with Gasteiger partial charge < -0.3 is 4.90 Å². The number of carbonyl (C=O) groups excluding carboxylic acids is 1. The average Bonchev–Trinajstić information content (AvgIpc) is 2.58. The van der Waals surface area contributed by atoms with Crippen LogP contribution >= 0.6 is 11.6 Å². The van der Waals surface area contributed by atoms with E-state index in [-0.39, 0.29) is 6.04 Å². The molecule has 0 bridgehead atoms. The van der Waals surface area contributed by atoms with Gasteiger partial charge in [-0.1, -0.05) is 11.6 Å². The van der Waals surface area contributed by atoms with Crippen LogP contribution in [0.25, 0.3) is 0 Å². The normalized spacial score (nSPS) is 29.8. The zero-order valence-corrected chi connectivity index (χ0v) is 8.81. The highest BCUT2D eigenvalue weighted by Gasteiger charge is 2.40. The molecular formula is C10H10ClN3O. The highest BCUT2D eigenvalue weighted by molar-refractivity contribution is 6.67. The Labute approximate surface area is 92.3 Å². The van der Waals surface area contributed by atoms with E-state index in [0.717, 1.165) is 5.84 Å². The summed E-state index contributed by atoms with van der Waals surface area (Å²) in [5.41, 5.74) is 0. The van der Waals surface area contributed by atoms with Crippen LogP contribution in [0.1, 0.15) is 12.8 Å². The molecule has 0 saturated heterocycles. The largest absolute Gasteiger partial charge is 0.323 e. The van der Waals surface area contributed by atoms with Crippen LogP contribution in [0, 0.1) is 5.92 Å². The number of hydrogen-bond acceptors (Lipinski definition) is 4. The predicted octanol–water partition coefficient (Wildman–Crippen LogP) is 1.17. The van der Waals surface area contributed by atoms with E-state index in [9.17, 15) is 4.79 Å². The van der Waals surface area contributed by atoms with Crippen LogP contribution in [0.5, 0.6) is 0 Å². The molecule has 0 aromatic heterocycles. The van der Waals surface area contributed by atoms with Crippen LogP contribution in [0.15, 0.2) is 22.4 Å². The standard InChI is InChI=1S/C10H10ClN3O/c11-9-8-5-13-10(6-3-7(15)4-6)14(8)2-1-12-9/h1-2,6,8H,3-5H2. The van der Waals surface area contributed by atoms with Gasteiger partial charge in [-0.05, 0) is 0 Å². The molecule has 3 rings (SSSR count). The third-order valence-electron chi connectivity index (χ3n) is 3.04. The maximum Gasteiger partial charge on any atom is 0.134 e. The van der Waals surface area contributed by atoms with Crippen LogP contribution in [-0.4, -0.2) is 34.3 Å². The summed E-state index contributed by atoms with van der Waals surface area (Å²) in [5.74, 6) is 1.63. The number of nitrogens with zero attached hydrogens (tertiary/aromatic N) is 3. The Kier molecular flexibility index (Phi) is 1.92. The first kappa shape index (κ1) is 9.09. The lowest BCUT2D eigenvalue weighted by Crippen LogP contribution is -2.43. The van der Waals surface area contributed by atoms with Crippen molar-refractivity contribution >= 4 is 28.4 Å². The van der Waals surface area contributed by atoms with Crippen LogP contribution in [0.4, 0.5) is 0 Å². The summed E-state index contributed by atoms with van der Waals surface area (Å²) in [4.78, 5) is 21.5. The van der Waals surface area contributed by atoms with Gasteiger partial charge >= 0.3 is 0 Å². The number of aliphatic imine (C=N–C) groups is 2. The van der Waals surface area contributed by atoms with Crippen molar-refractivity contribution in [1.29, 1.82) is 0 Å². The predicted molar refractivity (Wildman–Crippen MR) is 58.1 cm³/mol. The van der Waals surface area contributed by atoms with Crippen molar-refractivity contribution in [3.05, 3.63) is 12.4 Å². The Bertz CT molecular complexity index is 405. The number of fused-ring (bicyclic) bond motifs is 1. The maximum atomic E-state index is 10.9. The topological polar surface area (TPSA) is 45.0 Å². The molecule has 0 radical (unpaired) electrons. The first-order chi connectivity index (χ1) is 7.25. The van der Waals surface area contributed by atoms with E-state index < -0.39 is 0 Å². The number of rotatable bonds is 1. The summed E-state index contributed by atoms with van der Waals surface area (Å²) < 4.78 is 0. The third kappa shape index (κ3) is 1.32. The molecule has 2 heterocycles. The maximum absolute atomic E-state index is 10.9. The van der Waals surface area contributed by atoms with Crippen LogP contribution < -0.4 is 0 Å². The van der Waals surface area contributed by atoms with Crippen LogP contribution in [0.2, 0.25) is 0 Å². The van der Waals surface area contributed by atoms with Gasteiger partial charge in [0.05, 0.1) is 6.54 Å². The fourth-order valence-corrected chi connectivity index (χ4v) is 2.38. The molecule has 1 aliphatic carbocycles. The lowest BCUT2D eigenvalue weighted by molar-refractivity contribution is -0.125. The number of Topliss-reactive ketones (excluding diaryl/α,β-unsaturated/α-hetero) is 1. The van der Waals surface area contributed by atoms with E-state index in [0.29, 0.717) is 36.3 Å². The van der Waals surface area contributed by atoms with Gasteiger partial charge in [-0.3, -0.25) is 9.79 Å². The monoisotopic (exact) mass is 223 g/mol. The van der Waals surface area contributed by atoms with E-state index in [1.54, 1.807) is 6.20 Å². The second-order valence-corrected chi connectivity index (χ2v) is 4.40. The molecule has 1 unspecified atom stereocenters. The second kappa shape index (κ2) is 3.17. The van der Waals surface area contributed by atoms with Crippen LogP contribution in [0.3, 0.4) is 0 Å². The minimum absolute atomic E-state index is 0.0716. The van der Waals surface area contributed by atoms with E-state index in [4.69, 9.17) is 11.6 Å². The minimum atomic E-state index is 0.0716. The van der Waals surface area contributed by atoms with Gasteiger partial charge in [0, 0.05) is 31.2 Å². The average molecular weight is 224 g/mol. The van der Waals surface area contributed by atoms with Gasteiger partial charge in [0.15, 0.2) is 0 Å². The Morgan fingerprint density at radius 2 is 2.27 bits per heavy atom. The second-order valence-electron chi connectivity index (χ2n) is 4.02. The van der Waals surface area contributed by atoms with E-state index in [1.165, 1.54) is 0 Å². The Morgan fingerprint density at radius 3 is 3.00 bits per heavy atom. The molecule has 1 saturated carbocycles. The van der Waals surface area contributed by atoms with Gasteiger partial charge in [0.2, 0.25) is 0 Å². The highest BCUT2D eigenvalue weighted by Crippen LogP contribution is 2.31. The van der Waals surface area contributed by atoms with E-state index in [2.05, 4.69) is 9.98 Å². The highest BCUT2D eigenvalue weighted by atomic mass is 35.5. The van der Waals surface area contributed by atoms with Crippen LogP contribution in [-0.2, 0) is 4.79 Å². The zero-order chi connectivity index (χ0) is 10.4. The van der Waals surface area contributed by atoms with Crippen molar-refractivity contribution in [2.24, 2.45) is 15.9 Å². The van der Waals surface area contributed by atoms with Gasteiger partial charge in [0.25, 0.3) is 0 Å². The van der Waals surface area contributed by atoms with Crippen molar-refractivity contribution < 1.29 is 4.79 Å². The summed E-state index contributed by atoms with van der Waals surface area (Å²) in [7, 11) is 0. The molecule has 4 nitrogen and oxygen atoms in total. The van der Waals surface area contributed by atoms with Gasteiger partial charge in [-0.15, -0.1) is 0 Å². The number of amidine groups is 1. The first-order valence-corrected chi connectivity index (χ1v) is 5.38. The Hall–Kier alpha value is -1.16. The fraction of sp³-hybridized carbons (Fsp3) is 0.500. The van der Waals surface area contributed by atoms with Crippen molar-refractivity contribution in [2.75, 3.05) is 6.54 Å². The quantitative estimate of drug-likeness (QED) is 0.670. The molecule has 2 aliphatic heterocycles. The molecule has 1 fully saturated rings. The smallest absolute Gasteiger partial charge is 0.134 e. The SMILES string of the molecule is O=C1CC(C2=NCC3C(Cl)=NC=CN23)C1.